The third-order valence-corrected chi connectivity index (χ3v) is 9.53. The van der Waals surface area contributed by atoms with E-state index >= 15 is 0 Å². The number of H-pyrrole nitrogens is 2. The number of aromatic amines is 2. The second-order valence-corrected chi connectivity index (χ2v) is 12.2. The van der Waals surface area contributed by atoms with Crippen molar-refractivity contribution in [3.8, 4) is 5.75 Å². The number of aryl methyl sites for hydroxylation is 2. The number of hydrogen-bond acceptors (Lipinski definition) is 2. The van der Waals surface area contributed by atoms with Crippen LogP contribution in [0, 0.1) is 6.92 Å². The maximum absolute atomic E-state index is 6.66. The average Bonchev–Trinajstić information content (AvgIpc) is 3.07. The van der Waals surface area contributed by atoms with Gasteiger partial charge in [-0.1, -0.05) is 81.1 Å². The summed E-state index contributed by atoms with van der Waals surface area (Å²) in [6.07, 6.45) is 6.11. The summed E-state index contributed by atoms with van der Waals surface area (Å²) in [4.78, 5) is 14.3. The van der Waals surface area contributed by atoms with Crippen molar-refractivity contribution in [1.82, 2.24) is 9.97 Å². The molecule has 2 N–H and O–H groups in total. The van der Waals surface area contributed by atoms with E-state index in [9.17, 15) is 0 Å². The number of hydroxylamine groups is 1. The molecule has 1 heterocycles. The van der Waals surface area contributed by atoms with E-state index < -0.39 is 0 Å². The van der Waals surface area contributed by atoms with Crippen LogP contribution < -0.4 is 15.2 Å². The molecule has 0 amide bonds. The molecule has 4 heteroatoms. The van der Waals surface area contributed by atoms with Gasteiger partial charge >= 0.3 is 0 Å². The molecule has 1 aromatic heterocycles. The lowest BCUT2D eigenvalue weighted by Gasteiger charge is -2.24. The topological polar surface area (TPSA) is 44.1 Å². The molecule has 0 aliphatic rings. The number of hydrogen-bond donors (Lipinski definition) is 2. The lowest BCUT2D eigenvalue weighted by atomic mass is 9.84. The number of rotatable bonds is 6. The zero-order valence-corrected chi connectivity index (χ0v) is 26.8. The number of nitrogens with zero attached hydrogens (tertiary/aromatic N) is 1. The van der Waals surface area contributed by atoms with Crippen molar-refractivity contribution in [3.05, 3.63) is 120 Å². The van der Waals surface area contributed by atoms with Crippen LogP contribution in [0.3, 0.4) is 0 Å². The molecule has 8 rings (SSSR count). The summed E-state index contributed by atoms with van der Waals surface area (Å²) < 4.78 is 0. The average molecular weight is 600 g/mol. The summed E-state index contributed by atoms with van der Waals surface area (Å²) in [6, 6.07) is 32.6. The third-order valence-electron chi connectivity index (χ3n) is 9.53. The monoisotopic (exact) mass is 599 g/mol. The lowest BCUT2D eigenvalue weighted by molar-refractivity contribution is 0.306. The highest BCUT2D eigenvalue weighted by molar-refractivity contribution is 6.38. The predicted octanol–water partition coefficient (Wildman–Crippen LogP) is 10.7. The van der Waals surface area contributed by atoms with Gasteiger partial charge in [0.05, 0.1) is 16.7 Å². The van der Waals surface area contributed by atoms with Crippen LogP contribution in [0.5, 0.6) is 5.75 Å². The fourth-order valence-electron chi connectivity index (χ4n) is 7.45. The van der Waals surface area contributed by atoms with Crippen LogP contribution >= 0.6 is 0 Å². The van der Waals surface area contributed by atoms with E-state index in [2.05, 4.69) is 128 Å². The highest BCUT2D eigenvalue weighted by Gasteiger charge is 2.22. The molecule has 7 aromatic carbocycles. The van der Waals surface area contributed by atoms with E-state index in [0.29, 0.717) is 0 Å². The summed E-state index contributed by atoms with van der Waals surface area (Å²) in [7, 11) is 1.98. The minimum absolute atomic E-state index is 0.817. The van der Waals surface area contributed by atoms with Crippen LogP contribution in [0.25, 0.3) is 77.2 Å². The van der Waals surface area contributed by atoms with E-state index in [1.807, 2.05) is 24.3 Å². The predicted molar refractivity (Wildman–Crippen MR) is 199 cm³/mol. The van der Waals surface area contributed by atoms with Crippen LogP contribution in [0.1, 0.15) is 37.0 Å². The molecule has 0 unspecified atom stereocenters. The number of para-hydroxylation sites is 3. The van der Waals surface area contributed by atoms with Gasteiger partial charge in [0, 0.05) is 44.8 Å². The molecule has 226 valence electrons. The molecule has 0 atom stereocenters. The SMILES string of the molecule is C=Cc1ccc2c3ccc4[nH]c5ccccc5[nH]/c(=C\CC)c5cc(CC)c(c6ccc(ON(C)c7ccccc7C)c1c26)c3c45. The first kappa shape index (κ1) is 28.0. The van der Waals surface area contributed by atoms with E-state index in [0.717, 1.165) is 62.7 Å². The highest BCUT2D eigenvalue weighted by atomic mass is 16.7. The molecule has 46 heavy (non-hydrogen) atoms. The Labute approximate surface area is 268 Å². The van der Waals surface area contributed by atoms with Gasteiger partial charge in [-0.2, -0.15) is 0 Å². The molecule has 0 aliphatic heterocycles. The summed E-state index contributed by atoms with van der Waals surface area (Å²) >= 11 is 0. The van der Waals surface area contributed by atoms with Gasteiger partial charge < -0.3 is 14.8 Å². The Kier molecular flexibility index (Phi) is 6.61. The van der Waals surface area contributed by atoms with Gasteiger partial charge in [-0.05, 0) is 100 Å². The van der Waals surface area contributed by atoms with Crippen molar-refractivity contribution in [2.24, 2.45) is 0 Å². The van der Waals surface area contributed by atoms with E-state index in [1.165, 1.54) is 48.7 Å². The second-order valence-electron chi connectivity index (χ2n) is 12.2. The Hall–Kier alpha value is -5.48. The van der Waals surface area contributed by atoms with Crippen molar-refractivity contribution < 1.29 is 4.84 Å². The van der Waals surface area contributed by atoms with E-state index in [1.54, 1.807) is 0 Å². The van der Waals surface area contributed by atoms with Gasteiger partial charge in [0.25, 0.3) is 0 Å². The van der Waals surface area contributed by atoms with Gasteiger partial charge in [-0.25, -0.2) is 5.06 Å². The molecule has 0 bridgehead atoms. The van der Waals surface area contributed by atoms with Gasteiger partial charge in [0.15, 0.2) is 5.75 Å². The Bertz CT molecular complexity index is 2580. The van der Waals surface area contributed by atoms with Gasteiger partial charge in [0.1, 0.15) is 0 Å². The Morgan fingerprint density at radius 1 is 0.696 bits per heavy atom. The summed E-state index contributed by atoms with van der Waals surface area (Å²) in [5.41, 5.74) is 7.86. The van der Waals surface area contributed by atoms with Gasteiger partial charge in [-0.15, -0.1) is 0 Å². The molecular weight excluding hydrogens is 562 g/mol. The van der Waals surface area contributed by atoms with Gasteiger partial charge in [0.2, 0.25) is 0 Å². The summed E-state index contributed by atoms with van der Waals surface area (Å²) in [5.74, 6) is 0.817. The van der Waals surface area contributed by atoms with E-state index in [4.69, 9.17) is 4.84 Å². The van der Waals surface area contributed by atoms with Crippen molar-refractivity contribution in [1.29, 1.82) is 0 Å². The van der Waals surface area contributed by atoms with Crippen molar-refractivity contribution in [2.45, 2.75) is 33.6 Å². The minimum atomic E-state index is 0.817. The minimum Gasteiger partial charge on any atom is -0.379 e. The van der Waals surface area contributed by atoms with Crippen molar-refractivity contribution >= 4 is 82.9 Å². The smallest absolute Gasteiger partial charge is 0.163 e. The second kappa shape index (κ2) is 10.8. The fraction of sp³-hybridized carbons (Fsp3) is 0.143. The molecule has 0 fully saturated rings. The Balaban J connectivity index is 1.55. The lowest BCUT2D eigenvalue weighted by Crippen LogP contribution is -2.22. The number of aromatic nitrogens is 2. The first-order valence-corrected chi connectivity index (χ1v) is 16.2. The fourth-order valence-corrected chi connectivity index (χ4v) is 7.45. The van der Waals surface area contributed by atoms with Crippen LogP contribution in [0.4, 0.5) is 5.69 Å². The largest absolute Gasteiger partial charge is 0.379 e. The van der Waals surface area contributed by atoms with Crippen molar-refractivity contribution in [2.75, 3.05) is 12.1 Å². The quantitative estimate of drug-likeness (QED) is 0.113. The van der Waals surface area contributed by atoms with Crippen molar-refractivity contribution in [3.63, 3.8) is 0 Å². The zero-order chi connectivity index (χ0) is 31.5. The first-order chi connectivity index (χ1) is 22.5. The van der Waals surface area contributed by atoms with Crippen LogP contribution in [0.15, 0.2) is 97.6 Å². The normalized spacial score (nSPS) is 12.3. The molecule has 0 aliphatic carbocycles. The number of anilines is 1. The maximum Gasteiger partial charge on any atom is 0.163 e. The molecule has 8 aromatic rings. The number of benzene rings is 7. The van der Waals surface area contributed by atoms with Crippen LogP contribution in [-0.2, 0) is 6.42 Å². The maximum atomic E-state index is 6.66. The Morgan fingerprint density at radius 2 is 1.41 bits per heavy atom. The molecule has 0 saturated heterocycles. The first-order valence-electron chi connectivity index (χ1n) is 16.2. The number of nitrogens with one attached hydrogen (secondary N) is 2. The third kappa shape index (κ3) is 4.13. The van der Waals surface area contributed by atoms with Crippen LogP contribution in [0.2, 0.25) is 0 Å². The summed E-state index contributed by atoms with van der Waals surface area (Å²) in [5, 5.41) is 14.1. The molecule has 0 spiro atoms. The number of fused-ring (bicyclic) bond motifs is 3. The van der Waals surface area contributed by atoms with E-state index in [-0.39, 0.29) is 0 Å². The zero-order valence-electron chi connectivity index (χ0n) is 26.8. The molecule has 0 saturated carbocycles. The highest BCUT2D eigenvalue weighted by Crippen LogP contribution is 2.47. The summed E-state index contributed by atoms with van der Waals surface area (Å²) in [6.45, 7) is 10.8. The molecular formula is C42H37N3O. The Morgan fingerprint density at radius 3 is 2.17 bits per heavy atom. The standard InChI is InChI=1S/C42H37N3O/c1-6-13-32-31-24-27(8-3)38-30-21-23-37(46-45(5)36-17-12-9-14-25(36)4)39-26(7-2)18-19-28(40(30)39)29-20-22-35(41(31)42(29)38)44-34-16-11-10-15-33(34)43-32/h7,9-24,43-44H,2,6,8H2,1,3-5H3/b32-13-. The van der Waals surface area contributed by atoms with Crippen LogP contribution in [-0.4, -0.2) is 17.0 Å². The molecule has 0 radical (unpaired) electrons. The molecule has 4 nitrogen and oxygen atoms in total. The van der Waals surface area contributed by atoms with Gasteiger partial charge in [-0.3, -0.25) is 0 Å².